The zero-order valence-electron chi connectivity index (χ0n) is 20.1. The quantitative estimate of drug-likeness (QED) is 0.400. The van der Waals surface area contributed by atoms with Crippen LogP contribution in [0, 0.1) is 20.8 Å². The molecule has 0 spiro atoms. The smallest absolute Gasteiger partial charge is 0.198 e. The Hall–Kier alpha value is -2.15. The van der Waals surface area contributed by atoms with Crippen molar-refractivity contribution < 1.29 is 5.94 Å². The summed E-state index contributed by atoms with van der Waals surface area (Å²) >= 11 is 0. The van der Waals surface area contributed by atoms with Crippen LogP contribution in [0.2, 0.25) is 0 Å². The van der Waals surface area contributed by atoms with E-state index in [0.29, 0.717) is 17.9 Å². The Kier molecular flexibility index (Phi) is 4.86. The number of nitrogens with zero attached hydrogens (tertiary/aromatic N) is 1. The molecule has 0 saturated heterocycles. The summed E-state index contributed by atoms with van der Waals surface area (Å²) in [4.78, 5) is 0. The lowest BCUT2D eigenvalue weighted by molar-refractivity contribution is -0.665. The van der Waals surface area contributed by atoms with Crippen LogP contribution in [0.4, 0.5) is 0 Å². The minimum absolute atomic E-state index is 0.677. The first kappa shape index (κ1) is 18.6. The molecule has 0 unspecified atom stereocenters. The minimum atomic E-state index is 0.677. The summed E-state index contributed by atoms with van der Waals surface area (Å²) in [5.41, 5.74) is 9.39. The molecular weight excluding hydrogens is 362 g/mol. The van der Waals surface area contributed by atoms with Gasteiger partial charge in [-0.3, -0.25) is 0 Å². The van der Waals surface area contributed by atoms with Crippen LogP contribution in [0.5, 0.6) is 0 Å². The average molecular weight is 400 g/mol. The van der Waals surface area contributed by atoms with Gasteiger partial charge in [0.15, 0.2) is 5.69 Å². The molecule has 30 heavy (non-hydrogen) atoms. The highest BCUT2D eigenvalue weighted by molar-refractivity contribution is 5.94. The summed E-state index contributed by atoms with van der Waals surface area (Å²) in [7, 11) is 2.14. The van der Waals surface area contributed by atoms with Crippen molar-refractivity contribution >= 4 is 10.8 Å². The van der Waals surface area contributed by atoms with E-state index in [-0.39, 0.29) is 0 Å². The second-order valence-corrected chi connectivity index (χ2v) is 9.90. The van der Waals surface area contributed by atoms with Crippen LogP contribution in [0.1, 0.15) is 92.5 Å². The van der Waals surface area contributed by atoms with E-state index in [1.807, 2.05) is 0 Å². The number of hydrogen-bond donors (Lipinski definition) is 0. The zero-order valence-corrected chi connectivity index (χ0v) is 19.1. The van der Waals surface area contributed by atoms with E-state index in [2.05, 4.69) is 62.7 Å². The van der Waals surface area contributed by atoms with E-state index in [0.717, 1.165) is 11.1 Å². The molecular formula is C29H36N+. The molecule has 0 aliphatic heterocycles. The van der Waals surface area contributed by atoms with E-state index in [1.54, 1.807) is 0 Å². The highest BCUT2D eigenvalue weighted by Gasteiger charge is 2.25. The monoisotopic (exact) mass is 399 g/mol. The molecule has 2 fully saturated rings. The lowest BCUT2D eigenvalue weighted by Gasteiger charge is -2.17. The van der Waals surface area contributed by atoms with E-state index >= 15 is 0 Å². The van der Waals surface area contributed by atoms with Gasteiger partial charge in [-0.2, -0.15) is 4.57 Å². The summed E-state index contributed by atoms with van der Waals surface area (Å²) in [6.45, 7) is 6.64. The molecule has 5 rings (SSSR count). The maximum Gasteiger partial charge on any atom is 0.220 e. The van der Waals surface area contributed by atoms with Gasteiger partial charge in [-0.25, -0.2) is 0 Å². The van der Waals surface area contributed by atoms with E-state index < -0.39 is 0 Å². The highest BCUT2D eigenvalue weighted by atomic mass is 14.9. The van der Waals surface area contributed by atoms with Gasteiger partial charge in [0.05, 0.1) is 12.3 Å². The second kappa shape index (κ2) is 7.84. The number of aryl methyl sites for hydroxylation is 1. The van der Waals surface area contributed by atoms with Crippen molar-refractivity contribution in [3.8, 4) is 11.3 Å². The molecule has 0 amide bonds. The maximum atomic E-state index is 8.91. The molecule has 1 nitrogen and oxygen atoms in total. The minimum Gasteiger partial charge on any atom is -0.198 e. The van der Waals surface area contributed by atoms with Crippen LogP contribution in [0.3, 0.4) is 0 Å². The fraction of sp³-hybridized carbons (Fsp3) is 0.483. The van der Waals surface area contributed by atoms with Crippen molar-refractivity contribution in [2.75, 3.05) is 0 Å². The SMILES string of the molecule is [2H]c1c(C)[n+](C)c(-c2cc(C3CCCC3)cc(C)c2C)c2ccc(C3CCCC3)cc12. The third-order valence-corrected chi connectivity index (χ3v) is 8.05. The van der Waals surface area contributed by atoms with Gasteiger partial charge in [0.1, 0.15) is 7.05 Å². The van der Waals surface area contributed by atoms with Crippen LogP contribution >= 0.6 is 0 Å². The molecule has 1 heteroatoms. The molecule has 2 aliphatic rings. The Balaban J connectivity index is 1.74. The predicted molar refractivity (Wildman–Crippen MR) is 127 cm³/mol. The third-order valence-electron chi connectivity index (χ3n) is 8.05. The van der Waals surface area contributed by atoms with Gasteiger partial charge in [-0.15, -0.1) is 0 Å². The largest absolute Gasteiger partial charge is 0.220 e. The molecule has 1 heterocycles. The average Bonchev–Trinajstić information content (AvgIpc) is 3.49. The molecule has 2 saturated carbocycles. The lowest BCUT2D eigenvalue weighted by atomic mass is 9.88. The molecule has 156 valence electrons. The van der Waals surface area contributed by atoms with Crippen molar-refractivity contribution in [2.24, 2.45) is 7.05 Å². The van der Waals surface area contributed by atoms with Gasteiger partial charge in [0.2, 0.25) is 5.69 Å². The predicted octanol–water partition coefficient (Wildman–Crippen LogP) is 7.57. The fourth-order valence-corrected chi connectivity index (χ4v) is 5.97. The maximum absolute atomic E-state index is 8.91. The Bertz CT molecular complexity index is 1150. The van der Waals surface area contributed by atoms with Crippen molar-refractivity contribution in [3.63, 3.8) is 0 Å². The van der Waals surface area contributed by atoms with Crippen molar-refractivity contribution in [1.29, 1.82) is 0 Å². The summed E-state index contributed by atoms with van der Waals surface area (Å²) in [6, 6.07) is 12.6. The standard InChI is InChI=1S/C29H36N/c1-19-15-25(23-11-7-8-12-23)18-28(21(19)3)29-27-14-13-24(22-9-5-6-10-22)17-26(27)16-20(2)30(29)4/h13-18,22-23H,5-12H2,1-4H3/q+1/i16D. The lowest BCUT2D eigenvalue weighted by Crippen LogP contribution is -2.35. The molecule has 2 aliphatic carbocycles. The summed E-state index contributed by atoms with van der Waals surface area (Å²) in [5, 5.41) is 2.35. The summed E-state index contributed by atoms with van der Waals surface area (Å²) in [6.07, 6.45) is 10.7. The number of pyridine rings is 1. The topological polar surface area (TPSA) is 3.88 Å². The first-order chi connectivity index (χ1) is 15.0. The first-order valence-corrected chi connectivity index (χ1v) is 12.0. The molecule has 0 N–H and O–H groups in total. The number of rotatable bonds is 3. The molecule has 3 aromatic rings. The van der Waals surface area contributed by atoms with Crippen LogP contribution in [0.25, 0.3) is 22.0 Å². The van der Waals surface area contributed by atoms with Gasteiger partial charge < -0.3 is 0 Å². The Labute approximate surface area is 183 Å². The Morgan fingerprint density at radius 3 is 2.13 bits per heavy atom. The zero-order chi connectivity index (χ0) is 21.7. The van der Waals surface area contributed by atoms with E-state index in [1.165, 1.54) is 90.3 Å². The van der Waals surface area contributed by atoms with E-state index in [9.17, 15) is 0 Å². The molecule has 1 aromatic heterocycles. The van der Waals surface area contributed by atoms with Crippen LogP contribution < -0.4 is 4.57 Å². The van der Waals surface area contributed by atoms with Crippen molar-refractivity contribution in [3.05, 3.63) is 64.3 Å². The number of fused-ring (bicyclic) bond motifs is 1. The second-order valence-electron chi connectivity index (χ2n) is 9.90. The van der Waals surface area contributed by atoms with Crippen LogP contribution in [0.15, 0.2) is 36.4 Å². The molecule has 2 aromatic carbocycles. The van der Waals surface area contributed by atoms with Gasteiger partial charge in [0, 0.05) is 13.0 Å². The fourth-order valence-electron chi connectivity index (χ4n) is 5.97. The summed E-state index contributed by atoms with van der Waals surface area (Å²) < 4.78 is 11.2. The van der Waals surface area contributed by atoms with Gasteiger partial charge in [-0.1, -0.05) is 43.9 Å². The molecule has 0 radical (unpaired) electrons. The number of benzene rings is 2. The molecule has 0 bridgehead atoms. The summed E-state index contributed by atoms with van der Waals surface area (Å²) in [5.74, 6) is 1.39. The van der Waals surface area contributed by atoms with Gasteiger partial charge in [-0.05, 0) is 91.1 Å². The van der Waals surface area contributed by atoms with Gasteiger partial charge in [0.25, 0.3) is 0 Å². The first-order valence-electron chi connectivity index (χ1n) is 12.5. The molecule has 0 atom stereocenters. The van der Waals surface area contributed by atoms with Crippen LogP contribution in [-0.4, -0.2) is 0 Å². The third kappa shape index (κ3) is 3.37. The van der Waals surface area contributed by atoms with Crippen LogP contribution in [-0.2, 0) is 7.05 Å². The van der Waals surface area contributed by atoms with Crippen molar-refractivity contribution in [1.82, 2.24) is 0 Å². The Morgan fingerprint density at radius 2 is 1.47 bits per heavy atom. The Morgan fingerprint density at radius 1 is 0.833 bits per heavy atom. The van der Waals surface area contributed by atoms with Gasteiger partial charge >= 0.3 is 0 Å². The highest BCUT2D eigenvalue weighted by Crippen LogP contribution is 2.40. The normalized spacial score (nSPS) is 18.5. The van der Waals surface area contributed by atoms with Crippen molar-refractivity contribution in [2.45, 2.75) is 84.0 Å². The number of hydrogen-bond acceptors (Lipinski definition) is 0. The number of aromatic nitrogens is 1. The van der Waals surface area contributed by atoms with E-state index in [4.69, 9.17) is 1.37 Å².